The molecule has 19 heavy (non-hydrogen) atoms. The molecule has 1 atom stereocenters. The summed E-state index contributed by atoms with van der Waals surface area (Å²) in [6.45, 7) is 1.64. The molecule has 0 aromatic heterocycles. The summed E-state index contributed by atoms with van der Waals surface area (Å²) in [6, 6.07) is 10.2. The Balaban J connectivity index is 2.07. The molecule has 100 valence electrons. The van der Waals surface area contributed by atoms with Crippen molar-refractivity contribution in [1.29, 1.82) is 0 Å². The van der Waals surface area contributed by atoms with E-state index in [0.717, 1.165) is 0 Å². The molecule has 2 aromatic rings. The van der Waals surface area contributed by atoms with Crippen LogP contribution in [0.1, 0.15) is 24.2 Å². The summed E-state index contributed by atoms with van der Waals surface area (Å²) in [5.41, 5.74) is 1.11. The van der Waals surface area contributed by atoms with Crippen LogP contribution < -0.4 is 4.74 Å². The Bertz CT molecular complexity index is 568. The zero-order valence-corrected chi connectivity index (χ0v) is 10.4. The molecule has 1 N–H and O–H groups in total. The largest absolute Gasteiger partial charge is 0.486 e. The molecule has 0 bridgehead atoms. The molecule has 0 aliphatic carbocycles. The SMILES string of the molecule is CC(O)c1ccc(OCc2cccc(F)c2)c(F)c1. The maximum atomic E-state index is 13.7. The van der Waals surface area contributed by atoms with Crippen molar-refractivity contribution in [1.82, 2.24) is 0 Å². The first-order valence-electron chi connectivity index (χ1n) is 5.91. The monoisotopic (exact) mass is 264 g/mol. The molecule has 0 aliphatic heterocycles. The molecule has 0 spiro atoms. The molecule has 0 fully saturated rings. The quantitative estimate of drug-likeness (QED) is 0.914. The van der Waals surface area contributed by atoms with Gasteiger partial charge in [0.25, 0.3) is 0 Å². The van der Waals surface area contributed by atoms with Crippen molar-refractivity contribution in [2.45, 2.75) is 19.6 Å². The van der Waals surface area contributed by atoms with E-state index in [1.807, 2.05) is 0 Å². The van der Waals surface area contributed by atoms with E-state index in [4.69, 9.17) is 4.74 Å². The van der Waals surface area contributed by atoms with Gasteiger partial charge in [-0.25, -0.2) is 8.78 Å². The lowest BCUT2D eigenvalue weighted by Crippen LogP contribution is -1.99. The zero-order chi connectivity index (χ0) is 13.8. The van der Waals surface area contributed by atoms with Crippen molar-refractivity contribution in [3.63, 3.8) is 0 Å². The molecule has 4 heteroatoms. The molecular weight excluding hydrogens is 250 g/mol. The third kappa shape index (κ3) is 3.51. The van der Waals surface area contributed by atoms with E-state index in [1.54, 1.807) is 25.1 Å². The highest BCUT2D eigenvalue weighted by Crippen LogP contribution is 2.22. The van der Waals surface area contributed by atoms with E-state index in [0.29, 0.717) is 11.1 Å². The molecular formula is C15H14F2O2. The van der Waals surface area contributed by atoms with Crippen molar-refractivity contribution < 1.29 is 18.6 Å². The number of aliphatic hydroxyl groups excluding tert-OH is 1. The van der Waals surface area contributed by atoms with E-state index in [9.17, 15) is 13.9 Å². The van der Waals surface area contributed by atoms with E-state index in [-0.39, 0.29) is 18.2 Å². The van der Waals surface area contributed by atoms with Gasteiger partial charge in [0.05, 0.1) is 6.10 Å². The van der Waals surface area contributed by atoms with Crippen molar-refractivity contribution in [3.05, 3.63) is 65.2 Å². The fourth-order valence-corrected chi connectivity index (χ4v) is 1.68. The van der Waals surface area contributed by atoms with Gasteiger partial charge in [-0.3, -0.25) is 0 Å². The van der Waals surface area contributed by atoms with Crippen molar-refractivity contribution in [2.75, 3.05) is 0 Å². The van der Waals surface area contributed by atoms with Gasteiger partial charge in [0.2, 0.25) is 0 Å². The Hall–Kier alpha value is -1.94. The van der Waals surface area contributed by atoms with E-state index >= 15 is 0 Å². The Morgan fingerprint density at radius 2 is 1.95 bits per heavy atom. The number of halogens is 2. The van der Waals surface area contributed by atoms with Crippen molar-refractivity contribution in [2.24, 2.45) is 0 Å². The lowest BCUT2D eigenvalue weighted by Gasteiger charge is -2.10. The van der Waals surface area contributed by atoms with Crippen LogP contribution in [0.2, 0.25) is 0 Å². The minimum Gasteiger partial charge on any atom is -0.486 e. The second kappa shape index (κ2) is 5.80. The summed E-state index contributed by atoms with van der Waals surface area (Å²) in [7, 11) is 0. The Labute approximate surface area is 110 Å². The highest BCUT2D eigenvalue weighted by atomic mass is 19.1. The third-order valence-corrected chi connectivity index (χ3v) is 2.72. The smallest absolute Gasteiger partial charge is 0.165 e. The molecule has 2 nitrogen and oxygen atoms in total. The number of aliphatic hydroxyl groups is 1. The molecule has 2 rings (SSSR count). The average molecular weight is 264 g/mol. The highest BCUT2D eigenvalue weighted by Gasteiger charge is 2.08. The topological polar surface area (TPSA) is 29.5 Å². The van der Waals surface area contributed by atoms with Crippen molar-refractivity contribution >= 4 is 0 Å². The van der Waals surface area contributed by atoms with Crippen LogP contribution >= 0.6 is 0 Å². The number of hydrogen-bond donors (Lipinski definition) is 1. The summed E-state index contributed by atoms with van der Waals surface area (Å²) >= 11 is 0. The molecule has 0 amide bonds. The summed E-state index contributed by atoms with van der Waals surface area (Å²) in [5, 5.41) is 9.33. The van der Waals surface area contributed by atoms with Gasteiger partial charge in [0.1, 0.15) is 12.4 Å². The molecule has 0 aliphatic rings. The van der Waals surface area contributed by atoms with Gasteiger partial charge in [-0.05, 0) is 42.3 Å². The minimum atomic E-state index is -0.730. The van der Waals surface area contributed by atoms with Gasteiger partial charge in [0.15, 0.2) is 11.6 Å². The second-order valence-corrected chi connectivity index (χ2v) is 4.28. The molecule has 0 saturated carbocycles. The standard InChI is InChI=1S/C15H14F2O2/c1-10(18)12-5-6-15(14(17)8-12)19-9-11-3-2-4-13(16)7-11/h2-8,10,18H,9H2,1H3. The molecule has 1 unspecified atom stereocenters. The van der Waals surface area contributed by atoms with Crippen LogP contribution in [0, 0.1) is 11.6 Å². The first kappa shape index (κ1) is 13.5. The summed E-state index contributed by atoms with van der Waals surface area (Å²) in [4.78, 5) is 0. The molecule has 2 aromatic carbocycles. The predicted molar refractivity (Wildman–Crippen MR) is 67.8 cm³/mol. The Morgan fingerprint density at radius 3 is 2.58 bits per heavy atom. The summed E-state index contributed by atoms with van der Waals surface area (Å²) < 4.78 is 31.9. The van der Waals surface area contributed by atoms with Crippen LogP contribution in [0.15, 0.2) is 42.5 Å². The fraction of sp³-hybridized carbons (Fsp3) is 0.200. The maximum Gasteiger partial charge on any atom is 0.165 e. The van der Waals surface area contributed by atoms with Crippen LogP contribution in [0.4, 0.5) is 8.78 Å². The number of ether oxygens (including phenoxy) is 1. The van der Waals surface area contributed by atoms with Crippen molar-refractivity contribution in [3.8, 4) is 5.75 Å². The van der Waals surface area contributed by atoms with Gasteiger partial charge in [-0.2, -0.15) is 0 Å². The van der Waals surface area contributed by atoms with Gasteiger partial charge >= 0.3 is 0 Å². The minimum absolute atomic E-state index is 0.0775. The van der Waals surface area contributed by atoms with Crippen LogP contribution in [0.3, 0.4) is 0 Å². The number of hydrogen-bond acceptors (Lipinski definition) is 2. The number of rotatable bonds is 4. The lowest BCUT2D eigenvalue weighted by molar-refractivity contribution is 0.198. The molecule has 0 heterocycles. The lowest BCUT2D eigenvalue weighted by atomic mass is 10.1. The highest BCUT2D eigenvalue weighted by molar-refractivity contribution is 5.30. The fourth-order valence-electron chi connectivity index (χ4n) is 1.68. The van der Waals surface area contributed by atoms with Crippen LogP contribution in [0.25, 0.3) is 0 Å². The van der Waals surface area contributed by atoms with E-state index in [2.05, 4.69) is 0 Å². The molecule has 0 saturated heterocycles. The van der Waals surface area contributed by atoms with Gasteiger partial charge in [-0.15, -0.1) is 0 Å². The van der Waals surface area contributed by atoms with Gasteiger partial charge < -0.3 is 9.84 Å². The van der Waals surface area contributed by atoms with Crippen LogP contribution in [-0.2, 0) is 6.61 Å². The van der Waals surface area contributed by atoms with E-state index in [1.165, 1.54) is 24.3 Å². The first-order chi connectivity index (χ1) is 9.06. The third-order valence-electron chi connectivity index (χ3n) is 2.72. The number of benzene rings is 2. The van der Waals surface area contributed by atoms with Crippen LogP contribution in [-0.4, -0.2) is 5.11 Å². The summed E-state index contributed by atoms with van der Waals surface area (Å²) in [6.07, 6.45) is -0.730. The van der Waals surface area contributed by atoms with Gasteiger partial charge in [-0.1, -0.05) is 18.2 Å². The molecule has 0 radical (unpaired) electrons. The second-order valence-electron chi connectivity index (χ2n) is 4.28. The van der Waals surface area contributed by atoms with Crippen LogP contribution in [0.5, 0.6) is 5.75 Å². The maximum absolute atomic E-state index is 13.7. The average Bonchev–Trinajstić information content (AvgIpc) is 2.37. The Kier molecular flexibility index (Phi) is 4.12. The Morgan fingerprint density at radius 1 is 1.16 bits per heavy atom. The normalized spacial score (nSPS) is 12.2. The predicted octanol–water partition coefficient (Wildman–Crippen LogP) is 3.60. The first-order valence-corrected chi connectivity index (χ1v) is 5.91. The summed E-state index contributed by atoms with van der Waals surface area (Å²) in [5.74, 6) is -0.825. The van der Waals surface area contributed by atoms with Gasteiger partial charge in [0, 0.05) is 0 Å². The van der Waals surface area contributed by atoms with E-state index < -0.39 is 11.9 Å². The zero-order valence-electron chi connectivity index (χ0n) is 10.4.